The molecular weight excluding hydrogens is 418 g/mol. The van der Waals surface area contributed by atoms with Crippen molar-refractivity contribution in [2.75, 3.05) is 26.0 Å². The fourth-order valence-corrected chi connectivity index (χ4v) is 7.10. The molecular formula is C22H25N3O5S. The van der Waals surface area contributed by atoms with Gasteiger partial charge in [0.15, 0.2) is 15.7 Å². The van der Waals surface area contributed by atoms with Gasteiger partial charge in [0, 0.05) is 19.5 Å². The molecule has 0 N–H and O–H groups in total. The SMILES string of the molecule is COc1ccc(Cc2noc(C3CCS(=O)(=O)C34CN(Cc3ccc(C)o3)C4)n2)cc1. The zero-order valence-corrected chi connectivity index (χ0v) is 18.4. The van der Waals surface area contributed by atoms with Gasteiger partial charge in [0.1, 0.15) is 22.0 Å². The van der Waals surface area contributed by atoms with Crippen LogP contribution < -0.4 is 4.74 Å². The van der Waals surface area contributed by atoms with Gasteiger partial charge < -0.3 is 13.7 Å². The largest absolute Gasteiger partial charge is 0.497 e. The molecule has 1 atom stereocenters. The standard InChI is InChI=1S/C22H25N3O5S/c1-15-3-6-18(29-15)12-25-13-22(14-25)19(9-10-31(22,26)27)21-23-20(24-30-21)11-16-4-7-17(28-2)8-5-16/h3-8,19H,9-14H2,1-2H3. The zero-order chi connectivity index (χ0) is 21.6. The molecule has 1 spiro atoms. The van der Waals surface area contributed by atoms with Gasteiger partial charge >= 0.3 is 0 Å². The first kappa shape index (κ1) is 20.3. The van der Waals surface area contributed by atoms with E-state index in [1.807, 2.05) is 43.3 Å². The highest BCUT2D eigenvalue weighted by Gasteiger charge is 2.63. The van der Waals surface area contributed by atoms with E-state index in [-0.39, 0.29) is 11.7 Å². The van der Waals surface area contributed by atoms with Crippen LogP contribution in [0, 0.1) is 6.92 Å². The number of hydrogen-bond acceptors (Lipinski definition) is 8. The minimum atomic E-state index is -3.24. The Balaban J connectivity index is 1.31. The first-order chi connectivity index (χ1) is 14.9. The maximum absolute atomic E-state index is 13.0. The number of aryl methyl sites for hydroxylation is 1. The van der Waals surface area contributed by atoms with E-state index in [9.17, 15) is 8.42 Å². The van der Waals surface area contributed by atoms with Crippen molar-refractivity contribution in [3.63, 3.8) is 0 Å². The highest BCUT2D eigenvalue weighted by atomic mass is 32.2. The quantitative estimate of drug-likeness (QED) is 0.574. The number of likely N-dealkylation sites (tertiary alicyclic amines) is 1. The number of ether oxygens (including phenoxy) is 1. The van der Waals surface area contributed by atoms with Crippen molar-refractivity contribution in [1.82, 2.24) is 15.0 Å². The number of rotatable bonds is 6. The maximum Gasteiger partial charge on any atom is 0.231 e. The summed E-state index contributed by atoms with van der Waals surface area (Å²) >= 11 is 0. The Hall–Kier alpha value is -2.65. The number of hydrogen-bond donors (Lipinski definition) is 0. The first-order valence-electron chi connectivity index (χ1n) is 10.3. The van der Waals surface area contributed by atoms with E-state index < -0.39 is 14.6 Å². The monoisotopic (exact) mass is 443 g/mol. The summed E-state index contributed by atoms with van der Waals surface area (Å²) in [5, 5.41) is 4.12. The summed E-state index contributed by atoms with van der Waals surface area (Å²) in [6.07, 6.45) is 1.03. The van der Waals surface area contributed by atoms with Crippen LogP contribution in [0.3, 0.4) is 0 Å². The van der Waals surface area contributed by atoms with Crippen molar-refractivity contribution in [1.29, 1.82) is 0 Å². The average Bonchev–Trinajstić information content (AvgIpc) is 3.41. The van der Waals surface area contributed by atoms with E-state index in [0.29, 0.717) is 44.2 Å². The molecule has 2 saturated heterocycles. The van der Waals surface area contributed by atoms with Crippen molar-refractivity contribution >= 4 is 9.84 Å². The van der Waals surface area contributed by atoms with Crippen LogP contribution in [0.5, 0.6) is 5.75 Å². The van der Waals surface area contributed by atoms with Crippen LogP contribution in [0.15, 0.2) is 45.3 Å². The second kappa shape index (κ2) is 7.49. The van der Waals surface area contributed by atoms with Gasteiger partial charge in [-0.05, 0) is 43.2 Å². The van der Waals surface area contributed by atoms with Crippen molar-refractivity contribution in [2.24, 2.45) is 0 Å². The molecule has 31 heavy (non-hydrogen) atoms. The predicted molar refractivity (Wildman–Crippen MR) is 113 cm³/mol. The second-order valence-corrected chi connectivity index (χ2v) is 10.9. The summed E-state index contributed by atoms with van der Waals surface area (Å²) in [6.45, 7) is 3.41. The highest BCUT2D eigenvalue weighted by molar-refractivity contribution is 7.93. The highest BCUT2D eigenvalue weighted by Crippen LogP contribution is 2.49. The third-order valence-corrected chi connectivity index (χ3v) is 8.95. The van der Waals surface area contributed by atoms with Gasteiger partial charge in [-0.25, -0.2) is 8.42 Å². The lowest BCUT2D eigenvalue weighted by Gasteiger charge is -2.48. The third-order valence-electron chi connectivity index (χ3n) is 6.39. The smallest absolute Gasteiger partial charge is 0.231 e. The molecule has 0 aliphatic carbocycles. The molecule has 0 radical (unpaired) electrons. The van der Waals surface area contributed by atoms with E-state index in [0.717, 1.165) is 22.8 Å². The molecule has 4 heterocycles. The molecule has 8 nitrogen and oxygen atoms in total. The van der Waals surface area contributed by atoms with E-state index in [1.54, 1.807) is 7.11 Å². The van der Waals surface area contributed by atoms with Crippen molar-refractivity contribution in [2.45, 2.75) is 37.0 Å². The number of nitrogens with zero attached hydrogens (tertiary/aromatic N) is 3. The number of sulfone groups is 1. The molecule has 0 bridgehead atoms. The van der Waals surface area contributed by atoms with Crippen LogP contribution in [-0.2, 0) is 22.8 Å². The van der Waals surface area contributed by atoms with Gasteiger partial charge in [0.05, 0.1) is 25.3 Å². The zero-order valence-electron chi connectivity index (χ0n) is 17.6. The Morgan fingerprint density at radius 3 is 2.65 bits per heavy atom. The summed E-state index contributed by atoms with van der Waals surface area (Å²) in [5.74, 6) is 3.35. The average molecular weight is 444 g/mol. The summed E-state index contributed by atoms with van der Waals surface area (Å²) in [7, 11) is -1.61. The molecule has 164 valence electrons. The van der Waals surface area contributed by atoms with Gasteiger partial charge in [0.25, 0.3) is 0 Å². The van der Waals surface area contributed by atoms with E-state index in [2.05, 4.69) is 15.0 Å². The summed E-state index contributed by atoms with van der Waals surface area (Å²) in [4.78, 5) is 6.67. The lowest BCUT2D eigenvalue weighted by Crippen LogP contribution is -2.65. The normalized spacial score (nSPS) is 21.9. The second-order valence-electron chi connectivity index (χ2n) is 8.46. The van der Waals surface area contributed by atoms with Crippen LogP contribution in [-0.4, -0.2) is 54.2 Å². The molecule has 0 saturated carbocycles. The van der Waals surface area contributed by atoms with Crippen LogP contribution in [0.2, 0.25) is 0 Å². The van der Waals surface area contributed by atoms with Crippen molar-refractivity contribution < 1.29 is 22.1 Å². The van der Waals surface area contributed by atoms with Crippen LogP contribution in [0.1, 0.15) is 41.1 Å². The van der Waals surface area contributed by atoms with Crippen LogP contribution in [0.25, 0.3) is 0 Å². The molecule has 1 aromatic carbocycles. The third kappa shape index (κ3) is 3.55. The van der Waals surface area contributed by atoms with Crippen LogP contribution in [0.4, 0.5) is 0 Å². The van der Waals surface area contributed by atoms with Crippen molar-refractivity contribution in [3.05, 3.63) is 65.2 Å². The number of furan rings is 1. The first-order valence-corrected chi connectivity index (χ1v) is 12.0. The molecule has 2 aliphatic rings. The number of methoxy groups -OCH3 is 1. The molecule has 9 heteroatoms. The predicted octanol–water partition coefficient (Wildman–Crippen LogP) is 2.73. The minimum absolute atomic E-state index is 0.154. The fraction of sp³-hybridized carbons (Fsp3) is 0.455. The van der Waals surface area contributed by atoms with E-state index in [1.165, 1.54) is 0 Å². The Bertz CT molecular complexity index is 1180. The minimum Gasteiger partial charge on any atom is -0.497 e. The van der Waals surface area contributed by atoms with Gasteiger partial charge in [-0.2, -0.15) is 4.98 Å². The molecule has 1 unspecified atom stereocenters. The molecule has 3 aromatic rings. The van der Waals surface area contributed by atoms with Crippen molar-refractivity contribution in [3.8, 4) is 5.75 Å². The van der Waals surface area contributed by atoms with Gasteiger partial charge in [-0.3, -0.25) is 4.90 Å². The Morgan fingerprint density at radius 1 is 1.19 bits per heavy atom. The molecule has 2 aromatic heterocycles. The van der Waals surface area contributed by atoms with E-state index in [4.69, 9.17) is 13.7 Å². The van der Waals surface area contributed by atoms with Crippen LogP contribution >= 0.6 is 0 Å². The topological polar surface area (TPSA) is 98.7 Å². The molecule has 2 fully saturated rings. The Morgan fingerprint density at radius 2 is 1.97 bits per heavy atom. The Labute approximate surface area is 181 Å². The summed E-state index contributed by atoms with van der Waals surface area (Å²) < 4.78 is 41.4. The maximum atomic E-state index is 13.0. The lowest BCUT2D eigenvalue weighted by atomic mass is 9.83. The van der Waals surface area contributed by atoms with Gasteiger partial charge in [-0.15, -0.1) is 0 Å². The number of benzene rings is 1. The molecule has 2 aliphatic heterocycles. The molecule has 0 amide bonds. The fourth-order valence-electron chi connectivity index (χ4n) is 4.74. The van der Waals surface area contributed by atoms with Gasteiger partial charge in [0.2, 0.25) is 5.89 Å². The number of aromatic nitrogens is 2. The molecule has 5 rings (SSSR count). The van der Waals surface area contributed by atoms with E-state index >= 15 is 0 Å². The summed E-state index contributed by atoms with van der Waals surface area (Å²) in [5.41, 5.74) is 1.03. The lowest BCUT2D eigenvalue weighted by molar-refractivity contribution is 0.0826. The summed E-state index contributed by atoms with van der Waals surface area (Å²) in [6, 6.07) is 11.5. The Kier molecular flexibility index (Phi) is 4.90. The van der Waals surface area contributed by atoms with Gasteiger partial charge in [-0.1, -0.05) is 17.3 Å².